The van der Waals surface area contributed by atoms with Crippen molar-refractivity contribution in [2.24, 2.45) is 10.9 Å². The van der Waals surface area contributed by atoms with E-state index in [9.17, 15) is 0 Å². The molecule has 1 saturated carbocycles. The zero-order chi connectivity index (χ0) is 10.5. The zero-order valence-corrected chi connectivity index (χ0v) is 9.32. The van der Waals surface area contributed by atoms with Crippen LogP contribution in [0.5, 0.6) is 0 Å². The van der Waals surface area contributed by atoms with E-state index in [0.717, 1.165) is 12.0 Å². The molecule has 3 atom stereocenters. The molecule has 4 aliphatic rings. The first-order chi connectivity index (χ1) is 7.92. The molecule has 2 aliphatic carbocycles. The molecule has 2 aliphatic heterocycles. The standard InChI is InChI=1S/C14H16N2/c1-2-14-13-8-10(16-14)7-9-3-5-15-6-4-12(13)11(1)9/h3-6,10,13-14,16H,1-2,7-8H2. The first kappa shape index (κ1) is 8.94. The molecule has 0 aromatic carbocycles. The molecule has 2 heteroatoms. The van der Waals surface area contributed by atoms with Gasteiger partial charge in [-0.15, -0.1) is 0 Å². The third-order valence-electron chi connectivity index (χ3n) is 4.48. The van der Waals surface area contributed by atoms with Crippen LogP contribution in [0.15, 0.2) is 40.1 Å². The Morgan fingerprint density at radius 2 is 2.38 bits per heavy atom. The molecule has 2 heterocycles. The fourth-order valence-corrected chi connectivity index (χ4v) is 3.83. The second-order valence-corrected chi connectivity index (χ2v) is 5.29. The lowest BCUT2D eigenvalue weighted by Gasteiger charge is -2.33. The summed E-state index contributed by atoms with van der Waals surface area (Å²) in [6.45, 7) is 0. The Kier molecular flexibility index (Phi) is 1.77. The van der Waals surface area contributed by atoms with Crippen molar-refractivity contribution >= 4 is 6.21 Å². The van der Waals surface area contributed by atoms with E-state index >= 15 is 0 Å². The summed E-state index contributed by atoms with van der Waals surface area (Å²) >= 11 is 0. The molecule has 2 fully saturated rings. The molecule has 0 amide bonds. The van der Waals surface area contributed by atoms with E-state index in [-0.39, 0.29) is 0 Å². The van der Waals surface area contributed by atoms with Gasteiger partial charge < -0.3 is 5.32 Å². The Morgan fingerprint density at radius 1 is 1.38 bits per heavy atom. The van der Waals surface area contributed by atoms with Crippen LogP contribution in [0.2, 0.25) is 0 Å². The number of rotatable bonds is 0. The van der Waals surface area contributed by atoms with Gasteiger partial charge in [0, 0.05) is 30.4 Å². The van der Waals surface area contributed by atoms with Crippen molar-refractivity contribution < 1.29 is 0 Å². The highest BCUT2D eigenvalue weighted by Gasteiger charge is 2.42. The second-order valence-electron chi connectivity index (χ2n) is 5.29. The summed E-state index contributed by atoms with van der Waals surface area (Å²) < 4.78 is 0. The largest absolute Gasteiger partial charge is 0.310 e. The monoisotopic (exact) mass is 212 g/mol. The van der Waals surface area contributed by atoms with E-state index in [4.69, 9.17) is 0 Å². The number of fused-ring (bicyclic) bond motifs is 1. The molecule has 16 heavy (non-hydrogen) atoms. The van der Waals surface area contributed by atoms with Crippen LogP contribution in [-0.2, 0) is 0 Å². The number of hydrogen-bond donors (Lipinski definition) is 1. The van der Waals surface area contributed by atoms with Gasteiger partial charge in [0.15, 0.2) is 0 Å². The number of nitrogens with one attached hydrogen (secondary N) is 1. The highest BCUT2D eigenvalue weighted by atomic mass is 15.0. The lowest BCUT2D eigenvalue weighted by atomic mass is 9.76. The van der Waals surface area contributed by atoms with E-state index in [2.05, 4.69) is 22.5 Å². The van der Waals surface area contributed by atoms with Gasteiger partial charge in [0.2, 0.25) is 0 Å². The molecule has 0 radical (unpaired) electrons. The minimum Gasteiger partial charge on any atom is -0.310 e. The lowest BCUT2D eigenvalue weighted by molar-refractivity contribution is 0.428. The Balaban J connectivity index is 1.94. The first-order valence-corrected chi connectivity index (χ1v) is 6.30. The quantitative estimate of drug-likeness (QED) is 0.655. The van der Waals surface area contributed by atoms with Crippen molar-refractivity contribution in [2.75, 3.05) is 0 Å². The molecular formula is C14H16N2. The number of nitrogens with zero attached hydrogens (tertiary/aromatic N) is 1. The van der Waals surface area contributed by atoms with Gasteiger partial charge in [-0.3, -0.25) is 4.99 Å². The maximum atomic E-state index is 4.29. The molecule has 4 rings (SSSR count). The van der Waals surface area contributed by atoms with Crippen LogP contribution in [0, 0.1) is 5.92 Å². The summed E-state index contributed by atoms with van der Waals surface area (Å²) in [7, 11) is 0. The average Bonchev–Trinajstić information content (AvgIpc) is 2.57. The summed E-state index contributed by atoms with van der Waals surface area (Å²) in [5, 5.41) is 3.80. The van der Waals surface area contributed by atoms with E-state index < -0.39 is 0 Å². The molecule has 0 aromatic rings. The smallest absolute Gasteiger partial charge is 0.0270 e. The Morgan fingerprint density at radius 3 is 3.38 bits per heavy atom. The molecule has 82 valence electrons. The van der Waals surface area contributed by atoms with Crippen molar-refractivity contribution in [2.45, 2.75) is 37.8 Å². The van der Waals surface area contributed by atoms with Crippen LogP contribution in [-0.4, -0.2) is 18.3 Å². The summed E-state index contributed by atoms with van der Waals surface area (Å²) in [5.41, 5.74) is 4.74. The molecular weight excluding hydrogens is 196 g/mol. The Bertz CT molecular complexity index is 453. The molecule has 0 aromatic heterocycles. The minimum absolute atomic E-state index is 0.703. The van der Waals surface area contributed by atoms with Gasteiger partial charge in [0.25, 0.3) is 0 Å². The van der Waals surface area contributed by atoms with E-state index in [1.807, 2.05) is 12.4 Å². The van der Waals surface area contributed by atoms with Gasteiger partial charge >= 0.3 is 0 Å². The second kappa shape index (κ2) is 3.17. The highest BCUT2D eigenvalue weighted by Crippen LogP contribution is 2.46. The summed E-state index contributed by atoms with van der Waals surface area (Å²) in [6.07, 6.45) is 13.5. The van der Waals surface area contributed by atoms with Crippen molar-refractivity contribution in [3.8, 4) is 0 Å². The SMILES string of the molecule is C1=CC2=C3CCC4NC(C2)CC4C3=CC=N1. The molecule has 1 saturated heterocycles. The molecule has 3 unspecified atom stereocenters. The van der Waals surface area contributed by atoms with E-state index in [1.54, 1.807) is 11.1 Å². The summed E-state index contributed by atoms with van der Waals surface area (Å²) in [6, 6.07) is 1.44. The van der Waals surface area contributed by atoms with Crippen molar-refractivity contribution in [1.82, 2.24) is 5.32 Å². The van der Waals surface area contributed by atoms with Crippen molar-refractivity contribution in [1.29, 1.82) is 0 Å². The van der Waals surface area contributed by atoms with Gasteiger partial charge in [-0.2, -0.15) is 0 Å². The van der Waals surface area contributed by atoms with E-state index in [1.165, 1.54) is 31.3 Å². The Labute approximate surface area is 95.8 Å². The topological polar surface area (TPSA) is 24.4 Å². The van der Waals surface area contributed by atoms with Crippen LogP contribution < -0.4 is 5.32 Å². The fourth-order valence-electron chi connectivity index (χ4n) is 3.83. The maximum Gasteiger partial charge on any atom is 0.0270 e. The van der Waals surface area contributed by atoms with Crippen LogP contribution in [0.4, 0.5) is 0 Å². The molecule has 2 nitrogen and oxygen atoms in total. The number of allylic oxidation sites excluding steroid dienone is 3. The predicted octanol–water partition coefficient (Wildman–Crippen LogP) is 2.35. The number of hydrogen-bond acceptors (Lipinski definition) is 2. The van der Waals surface area contributed by atoms with Gasteiger partial charge in [0.1, 0.15) is 0 Å². The predicted molar refractivity (Wildman–Crippen MR) is 65.4 cm³/mol. The summed E-state index contributed by atoms with van der Waals surface area (Å²) in [5.74, 6) is 0.754. The average molecular weight is 212 g/mol. The van der Waals surface area contributed by atoms with Gasteiger partial charge in [-0.05, 0) is 54.6 Å². The Hall–Kier alpha value is -1.15. The highest BCUT2D eigenvalue weighted by molar-refractivity contribution is 5.76. The minimum atomic E-state index is 0.703. The normalized spacial score (nSPS) is 39.5. The van der Waals surface area contributed by atoms with Gasteiger partial charge in [-0.25, -0.2) is 0 Å². The molecule has 0 spiro atoms. The van der Waals surface area contributed by atoms with Crippen LogP contribution in [0.1, 0.15) is 25.7 Å². The van der Waals surface area contributed by atoms with E-state index in [0.29, 0.717) is 6.04 Å². The summed E-state index contributed by atoms with van der Waals surface area (Å²) in [4.78, 5) is 4.29. The molecule has 1 N–H and O–H groups in total. The first-order valence-electron chi connectivity index (χ1n) is 6.30. The fraction of sp³-hybridized carbons (Fsp3) is 0.500. The van der Waals surface area contributed by atoms with Crippen LogP contribution in [0.3, 0.4) is 0 Å². The maximum absolute atomic E-state index is 4.29. The van der Waals surface area contributed by atoms with Gasteiger partial charge in [0.05, 0.1) is 0 Å². The van der Waals surface area contributed by atoms with Gasteiger partial charge in [-0.1, -0.05) is 0 Å². The molecule has 5 bridgehead atoms. The number of aliphatic imine (C=N–C) groups is 1. The van der Waals surface area contributed by atoms with Crippen molar-refractivity contribution in [3.63, 3.8) is 0 Å². The lowest BCUT2D eigenvalue weighted by Crippen LogP contribution is -2.37. The zero-order valence-electron chi connectivity index (χ0n) is 9.32. The van der Waals surface area contributed by atoms with Crippen molar-refractivity contribution in [3.05, 3.63) is 35.1 Å². The van der Waals surface area contributed by atoms with Crippen LogP contribution >= 0.6 is 0 Å². The third-order valence-corrected chi connectivity index (χ3v) is 4.48. The third kappa shape index (κ3) is 1.14. The van der Waals surface area contributed by atoms with Crippen LogP contribution in [0.25, 0.3) is 0 Å².